The number of imidazole rings is 1. The summed E-state index contributed by atoms with van der Waals surface area (Å²) in [7, 11) is 0. The van der Waals surface area contributed by atoms with Crippen LogP contribution in [0.4, 0.5) is 4.39 Å². The monoisotopic (exact) mass is 280 g/mol. The number of carbonyl (C=O) groups is 1. The van der Waals surface area contributed by atoms with Crippen LogP contribution in [0.1, 0.15) is 13.0 Å². The lowest BCUT2D eigenvalue weighted by Gasteiger charge is -2.13. The smallest absolute Gasteiger partial charge is 0.313 e. The van der Waals surface area contributed by atoms with Crippen LogP contribution < -0.4 is 0 Å². The third-order valence-corrected chi connectivity index (χ3v) is 3.64. The van der Waals surface area contributed by atoms with Crippen LogP contribution in [0.5, 0.6) is 0 Å². The Morgan fingerprint density at radius 2 is 2.42 bits per heavy atom. The van der Waals surface area contributed by atoms with Crippen LogP contribution in [-0.2, 0) is 4.79 Å². The number of carboxylic acid groups (broad SMARTS) is 1. The van der Waals surface area contributed by atoms with Gasteiger partial charge >= 0.3 is 5.97 Å². The minimum atomic E-state index is -0.935. The number of hydrogen-bond acceptors (Lipinski definition) is 3. The summed E-state index contributed by atoms with van der Waals surface area (Å²) in [5, 5.41) is 9.22. The minimum Gasteiger partial charge on any atom is -0.481 e. The van der Waals surface area contributed by atoms with Crippen molar-refractivity contribution in [3.05, 3.63) is 36.7 Å². The molecule has 1 heterocycles. The van der Waals surface area contributed by atoms with Gasteiger partial charge in [-0.3, -0.25) is 4.79 Å². The van der Waals surface area contributed by atoms with Crippen LogP contribution in [0.2, 0.25) is 0 Å². The quantitative estimate of drug-likeness (QED) is 0.675. The fraction of sp³-hybridized carbons (Fsp3) is 0.231. The van der Waals surface area contributed by atoms with Crippen molar-refractivity contribution in [1.82, 2.24) is 9.55 Å². The van der Waals surface area contributed by atoms with E-state index in [0.29, 0.717) is 16.2 Å². The second kappa shape index (κ2) is 5.44. The van der Waals surface area contributed by atoms with E-state index in [9.17, 15) is 9.18 Å². The Kier molecular flexibility index (Phi) is 3.90. The molecule has 0 saturated carbocycles. The van der Waals surface area contributed by atoms with E-state index in [4.69, 9.17) is 5.11 Å². The predicted octanol–water partition coefficient (Wildman–Crippen LogP) is 3.10. The Morgan fingerprint density at radius 3 is 3.05 bits per heavy atom. The highest BCUT2D eigenvalue weighted by Gasteiger charge is 2.18. The molecule has 19 heavy (non-hydrogen) atoms. The molecule has 1 N–H and O–H groups in total. The molecule has 4 nitrogen and oxygen atoms in total. The highest BCUT2D eigenvalue weighted by atomic mass is 32.2. The second-order valence-electron chi connectivity index (χ2n) is 4.03. The first-order chi connectivity index (χ1) is 9.04. The van der Waals surface area contributed by atoms with Crippen molar-refractivity contribution >= 4 is 28.8 Å². The van der Waals surface area contributed by atoms with E-state index in [-0.39, 0.29) is 17.6 Å². The fourth-order valence-electron chi connectivity index (χ4n) is 1.80. The van der Waals surface area contributed by atoms with Crippen molar-refractivity contribution in [3.8, 4) is 0 Å². The van der Waals surface area contributed by atoms with E-state index < -0.39 is 5.97 Å². The molecule has 6 heteroatoms. The summed E-state index contributed by atoms with van der Waals surface area (Å²) in [4.78, 5) is 14.9. The number of thioether (sulfide) groups is 1. The Labute approximate surface area is 113 Å². The molecule has 0 aliphatic carbocycles. The number of aliphatic carboxylic acids is 1. The molecule has 1 aromatic carbocycles. The van der Waals surface area contributed by atoms with Gasteiger partial charge in [-0.25, -0.2) is 9.37 Å². The van der Waals surface area contributed by atoms with Crippen molar-refractivity contribution < 1.29 is 14.3 Å². The van der Waals surface area contributed by atoms with Gasteiger partial charge in [0.05, 0.1) is 17.3 Å². The van der Waals surface area contributed by atoms with Crippen molar-refractivity contribution in [3.63, 3.8) is 0 Å². The zero-order chi connectivity index (χ0) is 14.0. The lowest BCUT2D eigenvalue weighted by molar-refractivity contribution is -0.133. The Balaban J connectivity index is 2.58. The lowest BCUT2D eigenvalue weighted by Crippen LogP contribution is -2.06. The van der Waals surface area contributed by atoms with E-state index in [2.05, 4.69) is 11.6 Å². The number of nitrogens with zero attached hydrogens (tertiary/aromatic N) is 2. The first kappa shape index (κ1) is 13.6. The van der Waals surface area contributed by atoms with Gasteiger partial charge in [0.2, 0.25) is 0 Å². The van der Waals surface area contributed by atoms with Gasteiger partial charge in [0.15, 0.2) is 5.16 Å². The van der Waals surface area contributed by atoms with Crippen molar-refractivity contribution in [2.75, 3.05) is 5.75 Å². The average molecular weight is 280 g/mol. The molecule has 0 spiro atoms. The van der Waals surface area contributed by atoms with Crippen LogP contribution >= 0.6 is 11.8 Å². The van der Waals surface area contributed by atoms with Gasteiger partial charge in [-0.15, -0.1) is 6.58 Å². The maximum atomic E-state index is 13.9. The molecule has 0 amide bonds. The number of halogens is 1. The van der Waals surface area contributed by atoms with Gasteiger partial charge in [-0.05, 0) is 19.1 Å². The van der Waals surface area contributed by atoms with Gasteiger partial charge in [0.25, 0.3) is 0 Å². The van der Waals surface area contributed by atoms with Crippen LogP contribution in [0, 0.1) is 5.82 Å². The van der Waals surface area contributed by atoms with Crippen LogP contribution in [-0.4, -0.2) is 26.4 Å². The molecule has 100 valence electrons. The van der Waals surface area contributed by atoms with Gasteiger partial charge in [0.1, 0.15) is 11.3 Å². The van der Waals surface area contributed by atoms with Crippen molar-refractivity contribution in [1.29, 1.82) is 0 Å². The molecule has 0 aliphatic heterocycles. The van der Waals surface area contributed by atoms with Gasteiger partial charge in [0, 0.05) is 0 Å². The highest BCUT2D eigenvalue weighted by Crippen LogP contribution is 2.29. The number of para-hydroxylation sites is 1. The molecule has 0 saturated heterocycles. The summed E-state index contributed by atoms with van der Waals surface area (Å²) >= 11 is 1.07. The molecule has 2 rings (SSSR count). The first-order valence-corrected chi connectivity index (χ1v) is 6.66. The largest absolute Gasteiger partial charge is 0.481 e. The van der Waals surface area contributed by atoms with E-state index in [0.717, 1.165) is 11.8 Å². The second-order valence-corrected chi connectivity index (χ2v) is 4.97. The third kappa shape index (κ3) is 2.63. The molecule has 0 radical (unpaired) electrons. The van der Waals surface area contributed by atoms with Crippen LogP contribution in [0.25, 0.3) is 11.0 Å². The molecule has 0 aliphatic rings. The Hall–Kier alpha value is -1.82. The minimum absolute atomic E-state index is 0.116. The molecule has 0 bridgehead atoms. The number of fused-ring (bicyclic) bond motifs is 1. The number of allylic oxidation sites excluding steroid dienone is 1. The number of hydrogen-bond donors (Lipinski definition) is 1. The molecule has 1 aromatic heterocycles. The maximum absolute atomic E-state index is 13.9. The topological polar surface area (TPSA) is 55.1 Å². The van der Waals surface area contributed by atoms with Crippen LogP contribution in [0.3, 0.4) is 0 Å². The first-order valence-electron chi connectivity index (χ1n) is 5.68. The number of aromatic nitrogens is 2. The molecular weight excluding hydrogens is 267 g/mol. The summed E-state index contributed by atoms with van der Waals surface area (Å²) < 4.78 is 15.6. The SMILES string of the molecule is C=CC(C)n1c(SCC(=O)O)nc2cccc(F)c21. The van der Waals surface area contributed by atoms with E-state index in [1.807, 2.05) is 6.92 Å². The van der Waals surface area contributed by atoms with Gasteiger partial charge in [-0.1, -0.05) is 23.9 Å². The fourth-order valence-corrected chi connectivity index (χ4v) is 2.61. The number of rotatable bonds is 5. The summed E-state index contributed by atoms with van der Waals surface area (Å²) in [5.41, 5.74) is 0.893. The van der Waals surface area contributed by atoms with E-state index in [1.165, 1.54) is 6.07 Å². The average Bonchev–Trinajstić information content (AvgIpc) is 2.75. The zero-order valence-electron chi connectivity index (χ0n) is 10.3. The summed E-state index contributed by atoms with van der Waals surface area (Å²) in [6, 6.07) is 4.48. The van der Waals surface area contributed by atoms with E-state index >= 15 is 0 Å². The number of carboxylic acids is 1. The maximum Gasteiger partial charge on any atom is 0.313 e. The molecule has 1 unspecified atom stereocenters. The lowest BCUT2D eigenvalue weighted by atomic mass is 10.2. The van der Waals surface area contributed by atoms with Crippen LogP contribution in [0.15, 0.2) is 36.0 Å². The third-order valence-electron chi connectivity index (χ3n) is 2.70. The Morgan fingerprint density at radius 1 is 1.68 bits per heavy atom. The molecule has 1 atom stereocenters. The summed E-state index contributed by atoms with van der Waals surface area (Å²) in [6.07, 6.45) is 1.67. The summed E-state index contributed by atoms with van der Waals surface area (Å²) in [6.45, 7) is 5.55. The summed E-state index contributed by atoms with van der Waals surface area (Å²) in [5.74, 6) is -1.43. The van der Waals surface area contributed by atoms with Gasteiger partial charge < -0.3 is 9.67 Å². The number of benzene rings is 1. The van der Waals surface area contributed by atoms with Crippen molar-refractivity contribution in [2.24, 2.45) is 0 Å². The zero-order valence-corrected chi connectivity index (χ0v) is 11.2. The molecular formula is C13H13FN2O2S. The van der Waals surface area contributed by atoms with Crippen molar-refractivity contribution in [2.45, 2.75) is 18.1 Å². The standard InChI is InChI=1S/C13H13FN2O2S/c1-3-8(2)16-12-9(14)5-4-6-10(12)15-13(16)19-7-11(17)18/h3-6,8H,1,7H2,2H3,(H,17,18). The normalized spacial score (nSPS) is 12.5. The molecule has 2 aromatic rings. The highest BCUT2D eigenvalue weighted by molar-refractivity contribution is 7.99. The predicted molar refractivity (Wildman–Crippen MR) is 73.0 cm³/mol. The van der Waals surface area contributed by atoms with E-state index in [1.54, 1.807) is 22.8 Å². The van der Waals surface area contributed by atoms with Gasteiger partial charge in [-0.2, -0.15) is 0 Å². The molecule has 0 fully saturated rings. The Bertz CT molecular complexity index is 639.